The highest BCUT2D eigenvalue weighted by Gasteiger charge is 2.29. The molecule has 272 valence electrons. The summed E-state index contributed by atoms with van der Waals surface area (Å²) in [4.78, 5) is 32.1. The molecular formula is C35H33F3N6O7S. The van der Waals surface area contributed by atoms with Gasteiger partial charge in [-0.25, -0.2) is 13.4 Å². The first-order valence-corrected chi connectivity index (χ1v) is 17.4. The number of aryl methyl sites for hydroxylation is 2. The fraction of sp³-hybridized carbons (Fsp3) is 0.257. The van der Waals surface area contributed by atoms with Crippen LogP contribution in [0.3, 0.4) is 0 Å². The van der Waals surface area contributed by atoms with Crippen molar-refractivity contribution in [1.29, 1.82) is 0 Å². The maximum Gasteiger partial charge on any atom is 0.422 e. The van der Waals surface area contributed by atoms with Crippen molar-refractivity contribution in [3.8, 4) is 17.4 Å². The first-order valence-electron chi connectivity index (χ1n) is 16.0. The molecule has 0 atom stereocenters. The molecule has 13 nitrogen and oxygen atoms in total. The number of benzene rings is 3. The zero-order chi connectivity index (χ0) is 37.2. The van der Waals surface area contributed by atoms with E-state index in [9.17, 15) is 36.5 Å². The Hall–Kier alpha value is -5.68. The van der Waals surface area contributed by atoms with Crippen LogP contribution in [0.2, 0.25) is 0 Å². The molecule has 1 aliphatic rings. The third-order valence-corrected chi connectivity index (χ3v) is 9.91. The van der Waals surface area contributed by atoms with Gasteiger partial charge in [0.25, 0.3) is 21.6 Å². The number of carbonyl (C=O) groups excluding carboxylic acids is 1. The van der Waals surface area contributed by atoms with E-state index < -0.39 is 27.7 Å². The standard InChI is InChI=1S/C35H33F3N6O7S/c1-23-3-11-29(19-30(23)44(46)47)52(48,49)40-26-7-12-33(39-20-26)51-28-10-6-25-17-32(41(2)31(25)18-28)34(45)43-15-13-42(14-16-43)21-24-4-8-27(9-5-24)50-22-35(36,37)38/h3-12,17-20,40H,13-16,21-22H2,1-2H3. The molecule has 3 aromatic carbocycles. The lowest BCUT2D eigenvalue weighted by molar-refractivity contribution is -0.385. The van der Waals surface area contributed by atoms with Gasteiger partial charge in [0.2, 0.25) is 5.88 Å². The predicted molar refractivity (Wildman–Crippen MR) is 185 cm³/mol. The Morgan fingerprint density at radius 1 is 0.962 bits per heavy atom. The van der Waals surface area contributed by atoms with Gasteiger partial charge in [-0.1, -0.05) is 18.2 Å². The summed E-state index contributed by atoms with van der Waals surface area (Å²) in [5, 5.41) is 12.1. The number of carbonyl (C=O) groups is 1. The van der Waals surface area contributed by atoms with Crippen LogP contribution in [0, 0.1) is 17.0 Å². The highest BCUT2D eigenvalue weighted by atomic mass is 32.2. The number of hydrogen-bond acceptors (Lipinski definition) is 9. The molecule has 1 fully saturated rings. The molecule has 52 heavy (non-hydrogen) atoms. The zero-order valence-electron chi connectivity index (χ0n) is 28.0. The Kier molecular flexibility index (Phi) is 10.1. The van der Waals surface area contributed by atoms with E-state index in [1.807, 2.05) is 12.1 Å². The molecule has 1 aliphatic heterocycles. The van der Waals surface area contributed by atoms with Gasteiger partial charge in [0.1, 0.15) is 17.2 Å². The first kappa shape index (κ1) is 36.1. The maximum atomic E-state index is 13.6. The van der Waals surface area contributed by atoms with Crippen LogP contribution in [-0.4, -0.2) is 77.6 Å². The average Bonchev–Trinajstić information content (AvgIpc) is 3.43. The summed E-state index contributed by atoms with van der Waals surface area (Å²) in [6, 6.07) is 20.2. The second kappa shape index (κ2) is 14.5. The molecule has 0 saturated carbocycles. The smallest absolute Gasteiger partial charge is 0.422 e. The molecule has 0 spiro atoms. The number of aromatic nitrogens is 2. The summed E-state index contributed by atoms with van der Waals surface area (Å²) in [6.07, 6.45) is -3.13. The number of piperazine rings is 1. The minimum absolute atomic E-state index is 0.119. The molecule has 2 aromatic heterocycles. The van der Waals surface area contributed by atoms with Crippen molar-refractivity contribution in [1.82, 2.24) is 19.4 Å². The summed E-state index contributed by atoms with van der Waals surface area (Å²) in [5.74, 6) is 0.653. The largest absolute Gasteiger partial charge is 0.484 e. The highest BCUT2D eigenvalue weighted by molar-refractivity contribution is 7.92. The summed E-state index contributed by atoms with van der Waals surface area (Å²) >= 11 is 0. The molecule has 5 aromatic rings. The molecule has 0 unspecified atom stereocenters. The maximum absolute atomic E-state index is 13.6. The lowest BCUT2D eigenvalue weighted by Gasteiger charge is -2.34. The number of alkyl halides is 3. The van der Waals surface area contributed by atoms with Crippen LogP contribution in [-0.2, 0) is 23.6 Å². The van der Waals surface area contributed by atoms with Crippen molar-refractivity contribution in [3.05, 3.63) is 112 Å². The van der Waals surface area contributed by atoms with E-state index in [0.717, 1.165) is 22.5 Å². The van der Waals surface area contributed by atoms with E-state index in [0.29, 0.717) is 49.7 Å². The predicted octanol–water partition coefficient (Wildman–Crippen LogP) is 6.28. The van der Waals surface area contributed by atoms with Crippen molar-refractivity contribution in [2.45, 2.75) is 24.5 Å². The van der Waals surface area contributed by atoms with Crippen LogP contribution in [0.1, 0.15) is 21.6 Å². The monoisotopic (exact) mass is 738 g/mol. The molecule has 6 rings (SSSR count). The minimum Gasteiger partial charge on any atom is -0.484 e. The van der Waals surface area contributed by atoms with E-state index in [1.165, 1.54) is 49.5 Å². The van der Waals surface area contributed by atoms with Gasteiger partial charge in [-0.2, -0.15) is 13.2 Å². The van der Waals surface area contributed by atoms with E-state index in [-0.39, 0.29) is 33.8 Å². The summed E-state index contributed by atoms with van der Waals surface area (Å²) < 4.78 is 77.8. The number of nitrogens with one attached hydrogen (secondary N) is 1. The highest BCUT2D eigenvalue weighted by Crippen LogP contribution is 2.29. The number of fused-ring (bicyclic) bond motifs is 1. The number of nitro benzene ring substituents is 1. The Bertz CT molecular complexity index is 2220. The summed E-state index contributed by atoms with van der Waals surface area (Å²) in [7, 11) is -2.33. The van der Waals surface area contributed by atoms with Gasteiger partial charge in [-0.15, -0.1) is 0 Å². The molecule has 1 amide bonds. The number of halogens is 3. The van der Waals surface area contributed by atoms with Crippen LogP contribution in [0.15, 0.2) is 90.0 Å². The second-order valence-corrected chi connectivity index (χ2v) is 13.9. The topological polar surface area (TPSA) is 149 Å². The normalized spacial score (nSPS) is 14.0. The summed E-state index contributed by atoms with van der Waals surface area (Å²) in [5.41, 5.74) is 2.34. The van der Waals surface area contributed by atoms with Crippen molar-refractivity contribution < 1.29 is 40.8 Å². The van der Waals surface area contributed by atoms with Gasteiger partial charge in [-0.3, -0.25) is 24.5 Å². The van der Waals surface area contributed by atoms with E-state index >= 15 is 0 Å². The Morgan fingerprint density at radius 3 is 2.33 bits per heavy atom. The molecule has 1 N–H and O–H groups in total. The number of sulfonamides is 1. The number of nitrogens with zero attached hydrogens (tertiary/aromatic N) is 5. The number of ether oxygens (including phenoxy) is 2. The number of amides is 1. The third-order valence-electron chi connectivity index (χ3n) is 8.53. The lowest BCUT2D eigenvalue weighted by Crippen LogP contribution is -2.48. The molecule has 17 heteroatoms. The van der Waals surface area contributed by atoms with Gasteiger partial charge in [0, 0.05) is 68.9 Å². The van der Waals surface area contributed by atoms with Gasteiger partial charge in [0.15, 0.2) is 6.61 Å². The van der Waals surface area contributed by atoms with Crippen LogP contribution in [0.5, 0.6) is 17.4 Å². The number of nitro groups is 1. The van der Waals surface area contributed by atoms with Gasteiger partial charge in [-0.05, 0) is 55.0 Å². The van der Waals surface area contributed by atoms with Crippen LogP contribution in [0.25, 0.3) is 10.9 Å². The van der Waals surface area contributed by atoms with Gasteiger partial charge < -0.3 is 18.9 Å². The van der Waals surface area contributed by atoms with Crippen molar-refractivity contribution >= 4 is 38.2 Å². The van der Waals surface area contributed by atoms with Gasteiger partial charge in [0.05, 0.1) is 27.2 Å². The third kappa shape index (κ3) is 8.43. The molecule has 0 radical (unpaired) electrons. The quantitative estimate of drug-likeness (QED) is 0.122. The minimum atomic E-state index is -4.40. The van der Waals surface area contributed by atoms with Crippen LogP contribution < -0.4 is 14.2 Å². The van der Waals surface area contributed by atoms with Gasteiger partial charge >= 0.3 is 6.18 Å². The fourth-order valence-corrected chi connectivity index (χ4v) is 6.82. The average molecular weight is 739 g/mol. The van der Waals surface area contributed by atoms with Crippen molar-refractivity contribution in [2.24, 2.45) is 7.05 Å². The Morgan fingerprint density at radius 2 is 1.67 bits per heavy atom. The molecule has 0 aliphatic carbocycles. The second-order valence-electron chi connectivity index (χ2n) is 12.2. The number of hydrogen-bond donors (Lipinski definition) is 1. The number of rotatable bonds is 11. The zero-order valence-corrected chi connectivity index (χ0v) is 28.8. The molecule has 1 saturated heterocycles. The van der Waals surface area contributed by atoms with Crippen molar-refractivity contribution in [2.75, 3.05) is 37.5 Å². The first-order chi connectivity index (χ1) is 24.6. The fourth-order valence-electron chi connectivity index (χ4n) is 5.75. The van der Waals surface area contributed by atoms with E-state index in [2.05, 4.69) is 14.6 Å². The van der Waals surface area contributed by atoms with E-state index in [4.69, 9.17) is 9.47 Å². The Balaban J connectivity index is 1.05. The lowest BCUT2D eigenvalue weighted by atomic mass is 10.2. The molecule has 3 heterocycles. The SMILES string of the molecule is Cc1ccc(S(=O)(=O)Nc2ccc(Oc3ccc4cc(C(=O)N5CCN(Cc6ccc(OCC(F)(F)F)cc6)CC5)n(C)c4c3)nc2)cc1[N+](=O)[O-]. The molecule has 0 bridgehead atoms. The number of anilines is 1. The number of pyridine rings is 1. The van der Waals surface area contributed by atoms with Crippen molar-refractivity contribution in [3.63, 3.8) is 0 Å². The Labute approximate surface area is 296 Å². The van der Waals surface area contributed by atoms with E-state index in [1.54, 1.807) is 40.8 Å². The van der Waals surface area contributed by atoms with Crippen LogP contribution >= 0.6 is 0 Å². The summed E-state index contributed by atoms with van der Waals surface area (Å²) in [6.45, 7) is 3.03. The molecular weight excluding hydrogens is 705 g/mol. The van der Waals surface area contributed by atoms with Crippen LogP contribution in [0.4, 0.5) is 24.5 Å².